The standard InChI is InChI=1S/C17H12O3/c1-10-6-8-11(9-7-10)16-17(20-16)14(18)12-4-2-3-5-13(12)15(17)19/h2-9,16H,1H3. The first-order valence-electron chi connectivity index (χ1n) is 6.57. The van der Waals surface area contributed by atoms with Crippen LogP contribution in [0.1, 0.15) is 37.9 Å². The molecule has 20 heavy (non-hydrogen) atoms. The number of ether oxygens (including phenoxy) is 1. The van der Waals surface area contributed by atoms with Gasteiger partial charge >= 0.3 is 0 Å². The molecule has 2 aliphatic rings. The number of Topliss-reactive ketones (excluding diaryl/α,β-unsaturated/α-hetero) is 2. The number of fused-ring (bicyclic) bond motifs is 1. The summed E-state index contributed by atoms with van der Waals surface area (Å²) in [6.45, 7) is 2.00. The number of carbonyl (C=O) groups is 2. The Morgan fingerprint density at radius 2 is 1.45 bits per heavy atom. The third-order valence-electron chi connectivity index (χ3n) is 4.09. The highest BCUT2D eigenvalue weighted by Gasteiger charge is 2.71. The third-order valence-corrected chi connectivity index (χ3v) is 4.09. The molecule has 0 bridgehead atoms. The van der Waals surface area contributed by atoms with Crippen molar-refractivity contribution < 1.29 is 14.3 Å². The van der Waals surface area contributed by atoms with Gasteiger partial charge in [0.25, 0.3) is 0 Å². The molecule has 1 spiro atoms. The van der Waals surface area contributed by atoms with Crippen LogP contribution in [-0.2, 0) is 4.74 Å². The molecule has 3 heteroatoms. The largest absolute Gasteiger partial charge is 0.344 e. The number of epoxide rings is 1. The van der Waals surface area contributed by atoms with Gasteiger partial charge in [-0.1, -0.05) is 54.1 Å². The van der Waals surface area contributed by atoms with Gasteiger partial charge in [-0.15, -0.1) is 0 Å². The quantitative estimate of drug-likeness (QED) is 0.587. The Balaban J connectivity index is 1.77. The van der Waals surface area contributed by atoms with E-state index in [1.165, 1.54) is 0 Å². The Hall–Kier alpha value is -2.26. The maximum absolute atomic E-state index is 12.5. The van der Waals surface area contributed by atoms with Gasteiger partial charge in [-0.3, -0.25) is 9.59 Å². The van der Waals surface area contributed by atoms with Gasteiger partial charge in [0.2, 0.25) is 17.2 Å². The molecule has 4 rings (SSSR count). The van der Waals surface area contributed by atoms with Gasteiger partial charge < -0.3 is 4.74 Å². The van der Waals surface area contributed by atoms with E-state index in [0.717, 1.165) is 11.1 Å². The normalized spacial score (nSPS) is 22.1. The number of ketones is 2. The van der Waals surface area contributed by atoms with E-state index in [1.54, 1.807) is 24.3 Å². The van der Waals surface area contributed by atoms with Crippen molar-refractivity contribution in [1.29, 1.82) is 0 Å². The van der Waals surface area contributed by atoms with Crippen molar-refractivity contribution in [2.75, 3.05) is 0 Å². The highest BCUT2D eigenvalue weighted by Crippen LogP contribution is 2.56. The molecule has 3 nitrogen and oxygen atoms in total. The fourth-order valence-corrected chi connectivity index (χ4v) is 2.92. The summed E-state index contributed by atoms with van der Waals surface area (Å²) in [5.74, 6) is -0.410. The Morgan fingerprint density at radius 1 is 0.900 bits per heavy atom. The topological polar surface area (TPSA) is 46.7 Å². The lowest BCUT2D eigenvalue weighted by Crippen LogP contribution is -2.27. The molecule has 1 aliphatic carbocycles. The van der Waals surface area contributed by atoms with Crippen molar-refractivity contribution >= 4 is 11.6 Å². The zero-order valence-electron chi connectivity index (χ0n) is 10.9. The van der Waals surface area contributed by atoms with Crippen LogP contribution in [0.4, 0.5) is 0 Å². The molecule has 98 valence electrons. The zero-order chi connectivity index (χ0) is 13.9. The highest BCUT2D eigenvalue weighted by molar-refractivity contribution is 6.34. The number of benzene rings is 2. The molecule has 0 radical (unpaired) electrons. The average molecular weight is 264 g/mol. The summed E-state index contributed by atoms with van der Waals surface area (Å²) in [7, 11) is 0. The zero-order valence-corrected chi connectivity index (χ0v) is 10.9. The Labute approximate surface area is 116 Å². The molecule has 1 heterocycles. The number of carbonyl (C=O) groups excluding carboxylic acids is 2. The van der Waals surface area contributed by atoms with Crippen LogP contribution in [0, 0.1) is 6.92 Å². The van der Waals surface area contributed by atoms with Crippen LogP contribution in [0.2, 0.25) is 0 Å². The second-order valence-electron chi connectivity index (χ2n) is 5.35. The van der Waals surface area contributed by atoms with E-state index in [1.807, 2.05) is 31.2 Å². The molecule has 2 aromatic rings. The van der Waals surface area contributed by atoms with Crippen LogP contribution < -0.4 is 0 Å². The fraction of sp³-hybridized carbons (Fsp3) is 0.176. The van der Waals surface area contributed by atoms with Crippen molar-refractivity contribution in [3.63, 3.8) is 0 Å². The molecule has 0 aromatic heterocycles. The van der Waals surface area contributed by atoms with Crippen LogP contribution in [0.3, 0.4) is 0 Å². The number of rotatable bonds is 1. The van der Waals surface area contributed by atoms with Crippen molar-refractivity contribution in [3.05, 3.63) is 70.8 Å². The Kier molecular flexibility index (Phi) is 2.11. The molecule has 0 N–H and O–H groups in total. The summed E-state index contributed by atoms with van der Waals surface area (Å²) in [5, 5.41) is 0. The molecule has 1 atom stereocenters. The van der Waals surface area contributed by atoms with Gasteiger partial charge in [0.15, 0.2) is 0 Å². The number of hydrogen-bond acceptors (Lipinski definition) is 3. The van der Waals surface area contributed by atoms with Crippen LogP contribution in [0.5, 0.6) is 0 Å². The predicted molar refractivity (Wildman–Crippen MR) is 72.8 cm³/mol. The summed E-state index contributed by atoms with van der Waals surface area (Å²) >= 11 is 0. The third kappa shape index (κ3) is 1.28. The molecule has 1 saturated heterocycles. The van der Waals surface area contributed by atoms with E-state index >= 15 is 0 Å². The lowest BCUT2D eigenvalue weighted by molar-refractivity contribution is 0.0785. The van der Waals surface area contributed by atoms with Crippen molar-refractivity contribution in [3.8, 4) is 0 Å². The maximum atomic E-state index is 12.5. The molecule has 1 unspecified atom stereocenters. The first-order valence-corrected chi connectivity index (χ1v) is 6.57. The Morgan fingerprint density at radius 3 is 2.00 bits per heavy atom. The van der Waals surface area contributed by atoms with E-state index in [-0.39, 0.29) is 11.6 Å². The summed E-state index contributed by atoms with van der Waals surface area (Å²) < 4.78 is 5.60. The average Bonchev–Trinajstić information content (AvgIpc) is 3.19. The van der Waals surface area contributed by atoms with Gasteiger partial charge in [-0.25, -0.2) is 0 Å². The van der Waals surface area contributed by atoms with Crippen LogP contribution >= 0.6 is 0 Å². The number of aryl methyl sites for hydroxylation is 1. The molecule has 0 saturated carbocycles. The SMILES string of the molecule is Cc1ccc(C2OC23C(=O)c2ccccc2C3=O)cc1. The van der Waals surface area contributed by atoms with E-state index in [0.29, 0.717) is 11.1 Å². The lowest BCUT2D eigenvalue weighted by atomic mass is 9.94. The minimum atomic E-state index is -1.29. The van der Waals surface area contributed by atoms with Crippen molar-refractivity contribution in [2.24, 2.45) is 0 Å². The predicted octanol–water partition coefficient (Wildman–Crippen LogP) is 2.88. The fourth-order valence-electron chi connectivity index (χ4n) is 2.92. The molecular formula is C17H12O3. The molecular weight excluding hydrogens is 252 g/mol. The second-order valence-corrected chi connectivity index (χ2v) is 5.35. The van der Waals surface area contributed by atoms with Gasteiger partial charge in [0, 0.05) is 11.1 Å². The maximum Gasteiger partial charge on any atom is 0.224 e. The van der Waals surface area contributed by atoms with E-state index < -0.39 is 11.7 Å². The summed E-state index contributed by atoms with van der Waals surface area (Å²) in [6.07, 6.45) is -0.449. The van der Waals surface area contributed by atoms with Crippen molar-refractivity contribution in [2.45, 2.75) is 18.6 Å². The second kappa shape index (κ2) is 3.64. The van der Waals surface area contributed by atoms with Crippen molar-refractivity contribution in [1.82, 2.24) is 0 Å². The van der Waals surface area contributed by atoms with Gasteiger partial charge in [0.1, 0.15) is 6.10 Å². The molecule has 1 aliphatic heterocycles. The first kappa shape index (κ1) is 11.6. The number of hydrogen-bond donors (Lipinski definition) is 0. The van der Waals surface area contributed by atoms with E-state index in [4.69, 9.17) is 4.74 Å². The first-order chi connectivity index (χ1) is 9.64. The van der Waals surface area contributed by atoms with Gasteiger partial charge in [0.05, 0.1) is 0 Å². The van der Waals surface area contributed by atoms with Crippen LogP contribution in [-0.4, -0.2) is 17.2 Å². The summed E-state index contributed by atoms with van der Waals surface area (Å²) in [5.41, 5.74) is 1.68. The summed E-state index contributed by atoms with van der Waals surface area (Å²) in [4.78, 5) is 25.0. The lowest BCUT2D eigenvalue weighted by Gasteiger charge is -2.01. The molecule has 1 fully saturated rings. The Bertz CT molecular complexity index is 708. The highest BCUT2D eigenvalue weighted by atomic mass is 16.6. The summed E-state index contributed by atoms with van der Waals surface area (Å²) in [6, 6.07) is 14.7. The minimum Gasteiger partial charge on any atom is -0.344 e. The smallest absolute Gasteiger partial charge is 0.224 e. The minimum absolute atomic E-state index is 0.205. The van der Waals surface area contributed by atoms with Gasteiger partial charge in [-0.2, -0.15) is 0 Å². The molecule has 2 aromatic carbocycles. The monoisotopic (exact) mass is 264 g/mol. The van der Waals surface area contributed by atoms with Crippen LogP contribution in [0.25, 0.3) is 0 Å². The van der Waals surface area contributed by atoms with E-state index in [2.05, 4.69) is 0 Å². The van der Waals surface area contributed by atoms with Gasteiger partial charge in [-0.05, 0) is 12.5 Å². The molecule has 0 amide bonds. The van der Waals surface area contributed by atoms with Crippen LogP contribution in [0.15, 0.2) is 48.5 Å². The van der Waals surface area contributed by atoms with E-state index in [9.17, 15) is 9.59 Å².